The van der Waals surface area contributed by atoms with Gasteiger partial charge in [0, 0.05) is 5.92 Å². The van der Waals surface area contributed by atoms with Crippen LogP contribution in [-0.4, -0.2) is 36.6 Å². The zero-order valence-corrected chi connectivity index (χ0v) is 10.7. The van der Waals surface area contributed by atoms with E-state index in [1.54, 1.807) is 0 Å². The van der Waals surface area contributed by atoms with Gasteiger partial charge in [0.2, 0.25) is 5.89 Å². The zero-order valence-electron chi connectivity index (χ0n) is 9.85. The van der Waals surface area contributed by atoms with Gasteiger partial charge in [0.05, 0.1) is 18.1 Å². The highest BCUT2D eigenvalue weighted by Gasteiger charge is 2.32. The molecule has 0 radical (unpaired) electrons. The molecule has 1 N–H and O–H groups in total. The molecule has 17 heavy (non-hydrogen) atoms. The third-order valence-electron chi connectivity index (χ3n) is 2.78. The van der Waals surface area contributed by atoms with Crippen LogP contribution in [0.25, 0.3) is 0 Å². The lowest BCUT2D eigenvalue weighted by Crippen LogP contribution is -2.14. The molecule has 1 aliphatic rings. The number of hydrogen-bond donors (Lipinski definition) is 1. The molecule has 1 unspecified atom stereocenters. The first kappa shape index (κ1) is 12.5. The maximum Gasteiger partial charge on any atom is 0.240 e. The summed E-state index contributed by atoms with van der Waals surface area (Å²) < 4.78 is 27.7. The molecule has 1 aliphatic heterocycles. The zero-order chi connectivity index (χ0) is 12.3. The van der Waals surface area contributed by atoms with Crippen LogP contribution >= 0.6 is 0 Å². The molecule has 1 aromatic heterocycles. The normalized spacial score (nSPS) is 23.0. The van der Waals surface area contributed by atoms with Gasteiger partial charge in [0.25, 0.3) is 0 Å². The van der Waals surface area contributed by atoms with E-state index in [9.17, 15) is 8.42 Å². The summed E-state index contributed by atoms with van der Waals surface area (Å²) in [6, 6.07) is 0. The fourth-order valence-electron chi connectivity index (χ4n) is 1.88. The van der Waals surface area contributed by atoms with Gasteiger partial charge < -0.3 is 9.84 Å². The fraction of sp³-hybridized carbons (Fsp3) is 0.800. The number of aromatic nitrogens is 2. The molecule has 0 amide bonds. The van der Waals surface area contributed by atoms with E-state index in [0.717, 1.165) is 13.0 Å². The molecule has 0 aromatic carbocycles. The first-order valence-corrected chi connectivity index (χ1v) is 7.66. The molecule has 1 fully saturated rings. The molecule has 7 heteroatoms. The highest BCUT2D eigenvalue weighted by Crippen LogP contribution is 2.26. The van der Waals surface area contributed by atoms with Crippen molar-refractivity contribution in [2.24, 2.45) is 0 Å². The van der Waals surface area contributed by atoms with Gasteiger partial charge in [-0.15, -0.1) is 0 Å². The molecule has 0 saturated carbocycles. The molecular formula is C10H17N3O3S. The second-order valence-electron chi connectivity index (χ2n) is 4.32. The third kappa shape index (κ3) is 3.26. The SMILES string of the molecule is CCCNCc1nc(C2CCS(=O)(=O)C2)no1. The van der Waals surface area contributed by atoms with Crippen LogP contribution in [0, 0.1) is 0 Å². The maximum absolute atomic E-state index is 11.3. The van der Waals surface area contributed by atoms with Crippen LogP contribution in [0.1, 0.15) is 37.4 Å². The largest absolute Gasteiger partial charge is 0.338 e. The molecule has 0 spiro atoms. The molecule has 0 aliphatic carbocycles. The quantitative estimate of drug-likeness (QED) is 0.774. The van der Waals surface area contributed by atoms with Crippen LogP contribution in [0.15, 0.2) is 4.52 Å². The highest BCUT2D eigenvalue weighted by molar-refractivity contribution is 7.91. The van der Waals surface area contributed by atoms with E-state index in [-0.39, 0.29) is 17.4 Å². The first-order chi connectivity index (χ1) is 8.11. The lowest BCUT2D eigenvalue weighted by atomic mass is 10.1. The Morgan fingerprint density at radius 1 is 1.53 bits per heavy atom. The third-order valence-corrected chi connectivity index (χ3v) is 4.55. The first-order valence-electron chi connectivity index (χ1n) is 5.84. The minimum atomic E-state index is -2.89. The van der Waals surface area contributed by atoms with Crippen molar-refractivity contribution in [3.63, 3.8) is 0 Å². The van der Waals surface area contributed by atoms with Gasteiger partial charge >= 0.3 is 0 Å². The Hall–Kier alpha value is -0.950. The second-order valence-corrected chi connectivity index (χ2v) is 6.55. The number of sulfone groups is 1. The van der Waals surface area contributed by atoms with E-state index in [1.807, 2.05) is 0 Å². The molecule has 6 nitrogen and oxygen atoms in total. The summed E-state index contributed by atoms with van der Waals surface area (Å²) in [5.74, 6) is 1.34. The Kier molecular flexibility index (Phi) is 3.78. The minimum absolute atomic E-state index is 0.0938. The maximum atomic E-state index is 11.3. The van der Waals surface area contributed by atoms with Crippen molar-refractivity contribution < 1.29 is 12.9 Å². The Morgan fingerprint density at radius 3 is 3.00 bits per heavy atom. The van der Waals surface area contributed by atoms with Crippen molar-refractivity contribution in [1.29, 1.82) is 0 Å². The molecule has 96 valence electrons. The van der Waals surface area contributed by atoms with E-state index in [1.165, 1.54) is 0 Å². The number of hydrogen-bond acceptors (Lipinski definition) is 6. The lowest BCUT2D eigenvalue weighted by Gasteiger charge is -1.98. The molecule has 2 rings (SSSR count). The van der Waals surface area contributed by atoms with Crippen LogP contribution in [0.2, 0.25) is 0 Å². The molecule has 2 heterocycles. The number of rotatable bonds is 5. The van der Waals surface area contributed by atoms with Crippen molar-refractivity contribution in [2.45, 2.75) is 32.2 Å². The Morgan fingerprint density at radius 2 is 2.35 bits per heavy atom. The summed E-state index contributed by atoms with van der Waals surface area (Å²) in [7, 11) is -2.89. The molecule has 1 atom stereocenters. The molecule has 1 saturated heterocycles. The summed E-state index contributed by atoms with van der Waals surface area (Å²) in [4.78, 5) is 4.22. The van der Waals surface area contributed by atoms with Gasteiger partial charge in [0.1, 0.15) is 0 Å². The Labute approximate surface area is 101 Å². The van der Waals surface area contributed by atoms with E-state index in [0.29, 0.717) is 24.7 Å². The van der Waals surface area contributed by atoms with Crippen LogP contribution in [-0.2, 0) is 16.4 Å². The van der Waals surface area contributed by atoms with Crippen LogP contribution in [0.5, 0.6) is 0 Å². The number of nitrogens with one attached hydrogen (secondary N) is 1. The summed E-state index contributed by atoms with van der Waals surface area (Å²) in [6.45, 7) is 3.52. The van der Waals surface area contributed by atoms with Crippen LogP contribution in [0.3, 0.4) is 0 Å². The van der Waals surface area contributed by atoms with Crippen molar-refractivity contribution in [3.8, 4) is 0 Å². The minimum Gasteiger partial charge on any atom is -0.338 e. The summed E-state index contributed by atoms with van der Waals surface area (Å²) >= 11 is 0. The topological polar surface area (TPSA) is 85.1 Å². The Balaban J connectivity index is 1.94. The van der Waals surface area contributed by atoms with E-state index >= 15 is 0 Å². The highest BCUT2D eigenvalue weighted by atomic mass is 32.2. The molecule has 0 bridgehead atoms. The monoisotopic (exact) mass is 259 g/mol. The van der Waals surface area contributed by atoms with Gasteiger partial charge in [-0.25, -0.2) is 8.42 Å². The second kappa shape index (κ2) is 5.14. The number of nitrogens with zero attached hydrogens (tertiary/aromatic N) is 2. The molecule has 1 aromatic rings. The standard InChI is InChI=1S/C10H17N3O3S/c1-2-4-11-6-9-12-10(13-16-9)8-3-5-17(14,15)7-8/h8,11H,2-7H2,1H3. The van der Waals surface area contributed by atoms with E-state index < -0.39 is 9.84 Å². The van der Waals surface area contributed by atoms with Crippen molar-refractivity contribution in [1.82, 2.24) is 15.5 Å². The Bertz CT molecular complexity index is 469. The van der Waals surface area contributed by atoms with E-state index in [2.05, 4.69) is 22.4 Å². The summed E-state index contributed by atoms with van der Waals surface area (Å²) in [6.07, 6.45) is 1.64. The molecular weight excluding hydrogens is 242 g/mol. The average molecular weight is 259 g/mol. The predicted molar refractivity (Wildman–Crippen MR) is 62.3 cm³/mol. The van der Waals surface area contributed by atoms with E-state index in [4.69, 9.17) is 4.52 Å². The van der Waals surface area contributed by atoms with Gasteiger partial charge in [-0.3, -0.25) is 0 Å². The summed E-state index contributed by atoms with van der Waals surface area (Å²) in [5, 5.41) is 7.01. The van der Waals surface area contributed by atoms with Crippen LogP contribution in [0.4, 0.5) is 0 Å². The van der Waals surface area contributed by atoms with Gasteiger partial charge in [-0.05, 0) is 19.4 Å². The van der Waals surface area contributed by atoms with Crippen molar-refractivity contribution >= 4 is 9.84 Å². The lowest BCUT2D eigenvalue weighted by molar-refractivity contribution is 0.361. The average Bonchev–Trinajstić information content (AvgIpc) is 2.85. The van der Waals surface area contributed by atoms with Gasteiger partial charge in [-0.2, -0.15) is 4.98 Å². The fourth-order valence-corrected chi connectivity index (χ4v) is 3.62. The van der Waals surface area contributed by atoms with Crippen LogP contribution < -0.4 is 5.32 Å². The predicted octanol–water partition coefficient (Wildman–Crippen LogP) is 0.471. The van der Waals surface area contributed by atoms with Gasteiger partial charge in [0.15, 0.2) is 15.7 Å². The van der Waals surface area contributed by atoms with Crippen molar-refractivity contribution in [3.05, 3.63) is 11.7 Å². The van der Waals surface area contributed by atoms with Gasteiger partial charge in [-0.1, -0.05) is 12.1 Å². The van der Waals surface area contributed by atoms with Crippen molar-refractivity contribution in [2.75, 3.05) is 18.1 Å². The smallest absolute Gasteiger partial charge is 0.240 e. The summed E-state index contributed by atoms with van der Waals surface area (Å²) in [5.41, 5.74) is 0.